The zero-order valence-electron chi connectivity index (χ0n) is 8.81. The second kappa shape index (κ2) is 4.76. The molecule has 0 atom stereocenters. The van der Waals surface area contributed by atoms with Crippen molar-refractivity contribution in [3.63, 3.8) is 0 Å². The molecular formula is C12H9BrN2S2. The van der Waals surface area contributed by atoms with Gasteiger partial charge < -0.3 is 5.32 Å². The minimum absolute atomic E-state index is 0.829. The molecule has 3 aromatic rings. The molecule has 0 aliphatic carbocycles. The van der Waals surface area contributed by atoms with Gasteiger partial charge in [0, 0.05) is 4.88 Å². The maximum absolute atomic E-state index is 4.53. The van der Waals surface area contributed by atoms with Crippen molar-refractivity contribution < 1.29 is 0 Å². The van der Waals surface area contributed by atoms with Crippen molar-refractivity contribution in [1.82, 2.24) is 4.98 Å². The van der Waals surface area contributed by atoms with Gasteiger partial charge in [0.1, 0.15) is 0 Å². The van der Waals surface area contributed by atoms with Crippen LogP contribution in [0.5, 0.6) is 0 Å². The van der Waals surface area contributed by atoms with Crippen LogP contribution in [-0.4, -0.2) is 4.98 Å². The lowest BCUT2D eigenvalue weighted by molar-refractivity contribution is 1.18. The van der Waals surface area contributed by atoms with Crippen molar-refractivity contribution in [3.05, 3.63) is 45.1 Å². The molecule has 1 aromatic carbocycles. The molecule has 1 N–H and O–H groups in total. The van der Waals surface area contributed by atoms with Gasteiger partial charge in [-0.2, -0.15) is 0 Å². The third kappa shape index (κ3) is 2.51. The van der Waals surface area contributed by atoms with Crippen LogP contribution in [0.2, 0.25) is 0 Å². The number of thiophene rings is 1. The van der Waals surface area contributed by atoms with Crippen LogP contribution in [0.4, 0.5) is 5.13 Å². The molecule has 86 valence electrons. The first-order chi connectivity index (χ1) is 8.31. The SMILES string of the molecule is Brc1ccc(CNc2nc3ccccc3s2)s1. The Kier molecular flexibility index (Phi) is 3.13. The molecule has 0 unspecified atom stereocenters. The Morgan fingerprint density at radius 1 is 1.12 bits per heavy atom. The zero-order chi connectivity index (χ0) is 11.7. The fraction of sp³-hybridized carbons (Fsp3) is 0.0833. The fourth-order valence-electron chi connectivity index (χ4n) is 1.56. The number of anilines is 1. The standard InChI is InChI=1S/C12H9BrN2S2/c13-11-6-5-8(16-11)7-14-12-15-9-3-1-2-4-10(9)17-12/h1-6H,7H2,(H,14,15). The van der Waals surface area contributed by atoms with E-state index in [0.29, 0.717) is 0 Å². The van der Waals surface area contributed by atoms with E-state index in [1.807, 2.05) is 18.2 Å². The molecule has 0 aliphatic heterocycles. The molecule has 0 spiro atoms. The molecule has 0 amide bonds. The maximum atomic E-state index is 4.53. The van der Waals surface area contributed by atoms with E-state index in [-0.39, 0.29) is 0 Å². The van der Waals surface area contributed by atoms with Crippen molar-refractivity contribution in [2.24, 2.45) is 0 Å². The molecule has 3 rings (SSSR count). The molecule has 0 bridgehead atoms. The van der Waals surface area contributed by atoms with E-state index in [4.69, 9.17) is 0 Å². The van der Waals surface area contributed by atoms with Crippen molar-refractivity contribution in [3.8, 4) is 0 Å². The highest BCUT2D eigenvalue weighted by molar-refractivity contribution is 9.11. The Morgan fingerprint density at radius 3 is 2.76 bits per heavy atom. The summed E-state index contributed by atoms with van der Waals surface area (Å²) in [5, 5.41) is 4.34. The van der Waals surface area contributed by atoms with Crippen molar-refractivity contribution in [1.29, 1.82) is 0 Å². The summed E-state index contributed by atoms with van der Waals surface area (Å²) in [4.78, 5) is 5.84. The highest BCUT2D eigenvalue weighted by atomic mass is 79.9. The summed E-state index contributed by atoms with van der Waals surface area (Å²) in [7, 11) is 0. The second-order valence-electron chi connectivity index (χ2n) is 3.55. The van der Waals surface area contributed by atoms with E-state index in [1.165, 1.54) is 13.4 Å². The molecule has 0 saturated heterocycles. The maximum Gasteiger partial charge on any atom is 0.184 e. The summed E-state index contributed by atoms with van der Waals surface area (Å²) >= 11 is 6.90. The molecule has 0 radical (unpaired) electrons. The first-order valence-corrected chi connectivity index (χ1v) is 7.57. The molecule has 2 heterocycles. The van der Waals surface area contributed by atoms with Gasteiger partial charge in [-0.05, 0) is 40.2 Å². The highest BCUT2D eigenvalue weighted by Crippen LogP contribution is 2.27. The highest BCUT2D eigenvalue weighted by Gasteiger charge is 2.03. The van der Waals surface area contributed by atoms with Gasteiger partial charge in [-0.1, -0.05) is 23.5 Å². The zero-order valence-corrected chi connectivity index (χ0v) is 12.0. The van der Waals surface area contributed by atoms with Gasteiger partial charge in [0.05, 0.1) is 20.5 Å². The lowest BCUT2D eigenvalue weighted by Gasteiger charge is -1.98. The third-order valence-electron chi connectivity index (χ3n) is 2.34. The lowest BCUT2D eigenvalue weighted by Crippen LogP contribution is -1.95. The Bertz CT molecular complexity index is 612. The second-order valence-corrected chi connectivity index (χ2v) is 7.12. The van der Waals surface area contributed by atoms with E-state index < -0.39 is 0 Å². The van der Waals surface area contributed by atoms with Gasteiger partial charge in [-0.15, -0.1) is 11.3 Å². The van der Waals surface area contributed by atoms with Gasteiger partial charge in [0.15, 0.2) is 5.13 Å². The number of rotatable bonds is 3. The topological polar surface area (TPSA) is 24.9 Å². The smallest absolute Gasteiger partial charge is 0.184 e. The molecule has 0 fully saturated rings. The van der Waals surface area contributed by atoms with Gasteiger partial charge in [0.25, 0.3) is 0 Å². The van der Waals surface area contributed by atoms with E-state index >= 15 is 0 Å². The summed E-state index contributed by atoms with van der Waals surface area (Å²) < 4.78 is 2.39. The summed E-state index contributed by atoms with van der Waals surface area (Å²) in [5.41, 5.74) is 1.06. The lowest BCUT2D eigenvalue weighted by atomic mass is 10.3. The number of aromatic nitrogens is 1. The first kappa shape index (κ1) is 11.2. The number of nitrogens with zero attached hydrogens (tertiary/aromatic N) is 1. The predicted molar refractivity (Wildman–Crippen MR) is 79.0 cm³/mol. The number of para-hydroxylation sites is 1. The van der Waals surface area contributed by atoms with Crippen molar-refractivity contribution >= 4 is 54.0 Å². The Hall–Kier alpha value is -0.910. The minimum Gasteiger partial charge on any atom is -0.357 e. The Morgan fingerprint density at radius 2 is 2.00 bits per heavy atom. The van der Waals surface area contributed by atoms with Crippen LogP contribution in [0.3, 0.4) is 0 Å². The van der Waals surface area contributed by atoms with Crippen LogP contribution in [0.15, 0.2) is 40.2 Å². The largest absolute Gasteiger partial charge is 0.357 e. The summed E-state index contributed by atoms with van der Waals surface area (Å²) in [5.74, 6) is 0. The molecular weight excluding hydrogens is 316 g/mol. The monoisotopic (exact) mass is 324 g/mol. The summed E-state index contributed by atoms with van der Waals surface area (Å²) in [6, 6.07) is 12.4. The van der Waals surface area contributed by atoms with Crippen LogP contribution in [0, 0.1) is 0 Å². The molecule has 5 heteroatoms. The van der Waals surface area contributed by atoms with Gasteiger partial charge in [-0.3, -0.25) is 0 Å². The third-order valence-corrected chi connectivity index (χ3v) is 4.95. The summed E-state index contributed by atoms with van der Waals surface area (Å²) in [6.45, 7) is 0.829. The average Bonchev–Trinajstić information content (AvgIpc) is 2.91. The number of hydrogen-bond acceptors (Lipinski definition) is 4. The number of benzene rings is 1. The number of nitrogens with one attached hydrogen (secondary N) is 1. The quantitative estimate of drug-likeness (QED) is 0.753. The van der Waals surface area contributed by atoms with Gasteiger partial charge in [-0.25, -0.2) is 4.98 Å². The van der Waals surface area contributed by atoms with Gasteiger partial charge in [0.2, 0.25) is 0 Å². The molecule has 2 nitrogen and oxygen atoms in total. The van der Waals surface area contributed by atoms with Crippen LogP contribution in [0.25, 0.3) is 10.2 Å². The number of hydrogen-bond donors (Lipinski definition) is 1. The molecule has 17 heavy (non-hydrogen) atoms. The molecule has 2 aromatic heterocycles. The van der Waals surface area contributed by atoms with Crippen LogP contribution in [0.1, 0.15) is 4.88 Å². The van der Waals surface area contributed by atoms with E-state index in [2.05, 4.69) is 44.4 Å². The molecule has 0 aliphatic rings. The normalized spacial score (nSPS) is 10.9. The number of halogens is 1. The van der Waals surface area contributed by atoms with Crippen LogP contribution < -0.4 is 5.32 Å². The van der Waals surface area contributed by atoms with Crippen LogP contribution >= 0.6 is 38.6 Å². The summed E-state index contributed by atoms with van der Waals surface area (Å²) in [6.07, 6.45) is 0. The predicted octanol–water partition coefficient (Wildman–Crippen LogP) is 4.73. The molecule has 0 saturated carbocycles. The van der Waals surface area contributed by atoms with Crippen LogP contribution in [-0.2, 0) is 6.54 Å². The van der Waals surface area contributed by atoms with Crippen molar-refractivity contribution in [2.45, 2.75) is 6.54 Å². The number of thiazole rings is 1. The fourth-order valence-corrected chi connectivity index (χ4v) is 3.84. The Labute approximate surface area is 115 Å². The van der Waals surface area contributed by atoms with E-state index in [1.54, 1.807) is 22.7 Å². The van der Waals surface area contributed by atoms with Gasteiger partial charge >= 0.3 is 0 Å². The Balaban J connectivity index is 1.76. The average molecular weight is 325 g/mol. The first-order valence-electron chi connectivity index (χ1n) is 5.15. The van der Waals surface area contributed by atoms with E-state index in [9.17, 15) is 0 Å². The van der Waals surface area contributed by atoms with E-state index in [0.717, 1.165) is 17.2 Å². The minimum atomic E-state index is 0.829. The number of fused-ring (bicyclic) bond motifs is 1. The van der Waals surface area contributed by atoms with Crippen molar-refractivity contribution in [2.75, 3.05) is 5.32 Å².